The molecule has 1 aromatic heterocycles. The molecule has 0 atom stereocenters. The van der Waals surface area contributed by atoms with Gasteiger partial charge in [-0.05, 0) is 19.9 Å². The predicted molar refractivity (Wildman–Crippen MR) is 53.7 cm³/mol. The average Bonchev–Trinajstić information content (AvgIpc) is 2.21. The second-order valence-electron chi connectivity index (χ2n) is 2.97. The van der Waals surface area contributed by atoms with E-state index in [-0.39, 0.29) is 6.61 Å². The molecule has 14 heavy (non-hydrogen) atoms. The Kier molecular flexibility index (Phi) is 3.83. The van der Waals surface area contributed by atoms with Crippen molar-refractivity contribution in [1.29, 1.82) is 0 Å². The zero-order valence-corrected chi connectivity index (χ0v) is 8.50. The summed E-state index contributed by atoms with van der Waals surface area (Å²) in [5.74, 6) is 0.254. The lowest BCUT2D eigenvalue weighted by atomic mass is 10.2. The van der Waals surface area contributed by atoms with Crippen LogP contribution in [0, 0.1) is 5.82 Å². The highest BCUT2D eigenvalue weighted by molar-refractivity contribution is 5.46. The number of pyridine rings is 1. The molecule has 0 unspecified atom stereocenters. The molecule has 0 bridgehead atoms. The lowest BCUT2D eigenvalue weighted by Crippen LogP contribution is -2.24. The normalized spacial score (nSPS) is 10.3. The van der Waals surface area contributed by atoms with Crippen molar-refractivity contribution in [1.82, 2.24) is 4.98 Å². The molecule has 0 fully saturated rings. The maximum atomic E-state index is 12.8. The van der Waals surface area contributed by atoms with E-state index in [0.717, 1.165) is 13.1 Å². The lowest BCUT2D eigenvalue weighted by molar-refractivity contribution is 0.281. The van der Waals surface area contributed by atoms with Crippen LogP contribution in [0.25, 0.3) is 0 Å². The smallest absolute Gasteiger partial charge is 0.142 e. The third-order valence-electron chi connectivity index (χ3n) is 2.14. The van der Waals surface area contributed by atoms with Gasteiger partial charge >= 0.3 is 0 Å². The van der Waals surface area contributed by atoms with Crippen molar-refractivity contribution < 1.29 is 9.50 Å². The van der Waals surface area contributed by atoms with Crippen LogP contribution in [0.2, 0.25) is 0 Å². The summed E-state index contributed by atoms with van der Waals surface area (Å²) >= 11 is 0. The number of rotatable bonds is 4. The number of hydrogen-bond donors (Lipinski definition) is 1. The molecule has 0 saturated carbocycles. The van der Waals surface area contributed by atoms with Crippen LogP contribution in [0.4, 0.5) is 10.2 Å². The number of hydrogen-bond acceptors (Lipinski definition) is 3. The summed E-state index contributed by atoms with van der Waals surface area (Å²) in [4.78, 5) is 5.96. The Hall–Kier alpha value is -1.16. The first kappa shape index (κ1) is 10.9. The zero-order valence-electron chi connectivity index (χ0n) is 8.50. The first-order valence-corrected chi connectivity index (χ1v) is 4.73. The van der Waals surface area contributed by atoms with Crippen LogP contribution in [0.15, 0.2) is 12.3 Å². The molecule has 3 nitrogen and oxygen atoms in total. The van der Waals surface area contributed by atoms with Crippen LogP contribution < -0.4 is 4.90 Å². The van der Waals surface area contributed by atoms with E-state index in [2.05, 4.69) is 4.98 Å². The third-order valence-corrected chi connectivity index (χ3v) is 2.14. The van der Waals surface area contributed by atoms with E-state index in [9.17, 15) is 4.39 Å². The number of aliphatic hydroxyl groups is 1. The van der Waals surface area contributed by atoms with Gasteiger partial charge < -0.3 is 10.0 Å². The Bertz CT molecular complexity index is 300. The quantitative estimate of drug-likeness (QED) is 0.797. The van der Waals surface area contributed by atoms with Gasteiger partial charge in [0.25, 0.3) is 0 Å². The molecule has 0 aliphatic carbocycles. The van der Waals surface area contributed by atoms with Crippen molar-refractivity contribution in [2.75, 3.05) is 18.0 Å². The minimum atomic E-state index is -0.412. The van der Waals surface area contributed by atoms with Gasteiger partial charge in [0, 0.05) is 18.7 Å². The maximum Gasteiger partial charge on any atom is 0.142 e. The topological polar surface area (TPSA) is 36.4 Å². The van der Waals surface area contributed by atoms with Crippen molar-refractivity contribution in [3.8, 4) is 0 Å². The van der Waals surface area contributed by atoms with E-state index in [1.165, 1.54) is 12.3 Å². The second-order valence-corrected chi connectivity index (χ2v) is 2.97. The number of anilines is 1. The van der Waals surface area contributed by atoms with Gasteiger partial charge in [0.15, 0.2) is 0 Å². The van der Waals surface area contributed by atoms with Crippen LogP contribution in [-0.4, -0.2) is 23.2 Å². The number of aliphatic hydroxyl groups excluding tert-OH is 1. The van der Waals surface area contributed by atoms with Crippen molar-refractivity contribution in [2.45, 2.75) is 20.5 Å². The second kappa shape index (κ2) is 4.91. The van der Waals surface area contributed by atoms with Crippen LogP contribution in [0.5, 0.6) is 0 Å². The molecule has 1 heterocycles. The highest BCUT2D eigenvalue weighted by Gasteiger charge is 2.09. The minimum Gasteiger partial charge on any atom is -0.392 e. The summed E-state index contributed by atoms with van der Waals surface area (Å²) in [6.07, 6.45) is 1.17. The van der Waals surface area contributed by atoms with E-state index in [1.807, 2.05) is 18.7 Å². The highest BCUT2D eigenvalue weighted by Crippen LogP contribution is 2.17. The number of aromatic nitrogens is 1. The molecule has 0 spiro atoms. The zero-order chi connectivity index (χ0) is 10.6. The first-order chi connectivity index (χ1) is 6.72. The summed E-state index contributed by atoms with van der Waals surface area (Å²) in [6.45, 7) is 5.40. The van der Waals surface area contributed by atoms with Gasteiger partial charge in [-0.3, -0.25) is 0 Å². The Balaban J connectivity index is 3.06. The Morgan fingerprint density at radius 2 is 2.07 bits per heavy atom. The van der Waals surface area contributed by atoms with Crippen molar-refractivity contribution in [3.63, 3.8) is 0 Å². The fourth-order valence-electron chi connectivity index (χ4n) is 1.40. The van der Waals surface area contributed by atoms with E-state index in [0.29, 0.717) is 11.4 Å². The standard InChI is InChI=1S/C10H15FN2O/c1-3-13(4-2)10-8(7-14)5-9(11)6-12-10/h5-6,14H,3-4,7H2,1-2H3. The molecule has 0 amide bonds. The Morgan fingerprint density at radius 3 is 2.57 bits per heavy atom. The summed E-state index contributed by atoms with van der Waals surface area (Å²) in [6, 6.07) is 1.32. The van der Waals surface area contributed by atoms with Gasteiger partial charge in [-0.25, -0.2) is 9.37 Å². The monoisotopic (exact) mass is 198 g/mol. The van der Waals surface area contributed by atoms with Crippen LogP contribution in [0.3, 0.4) is 0 Å². The fraction of sp³-hybridized carbons (Fsp3) is 0.500. The van der Waals surface area contributed by atoms with E-state index >= 15 is 0 Å². The van der Waals surface area contributed by atoms with Gasteiger partial charge in [-0.1, -0.05) is 0 Å². The number of nitrogens with zero attached hydrogens (tertiary/aromatic N) is 2. The molecular formula is C10H15FN2O. The lowest BCUT2D eigenvalue weighted by Gasteiger charge is -2.21. The van der Waals surface area contributed by atoms with Crippen molar-refractivity contribution in [2.24, 2.45) is 0 Å². The van der Waals surface area contributed by atoms with Gasteiger partial charge in [0.05, 0.1) is 12.8 Å². The van der Waals surface area contributed by atoms with Crippen molar-refractivity contribution >= 4 is 5.82 Å². The third kappa shape index (κ3) is 2.20. The SMILES string of the molecule is CCN(CC)c1ncc(F)cc1CO. The average molecular weight is 198 g/mol. The summed E-state index contributed by atoms with van der Waals surface area (Å²) in [5.41, 5.74) is 0.536. The molecule has 0 aromatic carbocycles. The predicted octanol–water partition coefficient (Wildman–Crippen LogP) is 1.56. The first-order valence-electron chi connectivity index (χ1n) is 4.73. The van der Waals surface area contributed by atoms with Crippen LogP contribution in [0.1, 0.15) is 19.4 Å². The molecule has 0 saturated heterocycles. The van der Waals surface area contributed by atoms with E-state index in [1.54, 1.807) is 0 Å². The van der Waals surface area contributed by atoms with Crippen molar-refractivity contribution in [3.05, 3.63) is 23.6 Å². The summed E-state index contributed by atoms with van der Waals surface area (Å²) < 4.78 is 12.8. The molecule has 1 N–H and O–H groups in total. The van der Waals surface area contributed by atoms with Crippen LogP contribution in [-0.2, 0) is 6.61 Å². The maximum absolute atomic E-state index is 12.8. The van der Waals surface area contributed by atoms with Gasteiger partial charge in [0.1, 0.15) is 11.6 Å². The Labute approximate surface area is 83.2 Å². The molecular weight excluding hydrogens is 183 g/mol. The highest BCUT2D eigenvalue weighted by atomic mass is 19.1. The van der Waals surface area contributed by atoms with Gasteiger partial charge in [-0.2, -0.15) is 0 Å². The largest absolute Gasteiger partial charge is 0.392 e. The molecule has 0 aliphatic rings. The molecule has 0 aliphatic heterocycles. The molecule has 1 rings (SSSR count). The van der Waals surface area contributed by atoms with Gasteiger partial charge in [0.2, 0.25) is 0 Å². The molecule has 4 heteroatoms. The summed E-state index contributed by atoms with van der Waals surface area (Å²) in [5, 5.41) is 9.05. The van der Waals surface area contributed by atoms with Gasteiger partial charge in [-0.15, -0.1) is 0 Å². The molecule has 0 radical (unpaired) electrons. The molecule has 1 aromatic rings. The van der Waals surface area contributed by atoms with E-state index in [4.69, 9.17) is 5.11 Å². The Morgan fingerprint density at radius 1 is 1.43 bits per heavy atom. The summed E-state index contributed by atoms with van der Waals surface area (Å²) in [7, 11) is 0. The van der Waals surface area contributed by atoms with Crippen LogP contribution >= 0.6 is 0 Å². The fourth-order valence-corrected chi connectivity index (χ4v) is 1.40. The molecule has 78 valence electrons. The number of halogens is 1. The minimum absolute atomic E-state index is 0.184. The van der Waals surface area contributed by atoms with E-state index < -0.39 is 5.82 Å².